The van der Waals surface area contributed by atoms with Gasteiger partial charge in [-0.1, -0.05) is 66.9 Å². The third-order valence-corrected chi connectivity index (χ3v) is 4.86. The Labute approximate surface area is 181 Å². The Morgan fingerprint density at radius 3 is 2.21 bits per heavy atom. The zero-order valence-corrected chi connectivity index (χ0v) is 17.1. The van der Waals surface area contributed by atoms with E-state index in [0.717, 1.165) is 22.0 Å². The van der Waals surface area contributed by atoms with E-state index in [0.29, 0.717) is 5.75 Å². The molecule has 4 rings (SSSR count). The van der Waals surface area contributed by atoms with Crippen LogP contribution in [0.4, 0.5) is 4.79 Å². The Bertz CT molecular complexity index is 1090. The zero-order chi connectivity index (χ0) is 19.5. The van der Waals surface area contributed by atoms with Crippen molar-refractivity contribution in [3.05, 3.63) is 102 Å². The molecule has 1 amide bonds. The van der Waals surface area contributed by atoms with Gasteiger partial charge in [-0.3, -0.25) is 0 Å². The van der Waals surface area contributed by atoms with Crippen LogP contribution < -0.4 is 4.74 Å². The summed E-state index contributed by atoms with van der Waals surface area (Å²) in [5.74, 6) is 0.521. The van der Waals surface area contributed by atoms with E-state index in [1.54, 1.807) is 24.1 Å². The van der Waals surface area contributed by atoms with Gasteiger partial charge in [-0.25, -0.2) is 4.79 Å². The van der Waals surface area contributed by atoms with E-state index >= 15 is 0 Å². The predicted octanol–water partition coefficient (Wildman–Crippen LogP) is 5.20. The molecule has 1 unspecified atom stereocenters. The molecule has 4 nitrogen and oxygen atoms in total. The van der Waals surface area contributed by atoms with E-state index in [9.17, 15) is 4.79 Å². The van der Waals surface area contributed by atoms with Crippen LogP contribution in [0.3, 0.4) is 0 Å². The SMILES string of the molecule is CN(C(=O)Oc1ccccc1)C(c1ccccc1)c1[c-]n(C)c2ccccc12.[Cu+]. The fourth-order valence-electron chi connectivity index (χ4n) is 3.49. The van der Waals surface area contributed by atoms with Crippen LogP contribution in [0.5, 0.6) is 5.75 Å². The minimum atomic E-state index is -0.415. The van der Waals surface area contributed by atoms with Gasteiger partial charge in [-0.05, 0) is 24.7 Å². The molecule has 4 aromatic rings. The summed E-state index contributed by atoms with van der Waals surface area (Å²) < 4.78 is 7.55. The van der Waals surface area contributed by atoms with Gasteiger partial charge in [0, 0.05) is 7.05 Å². The molecule has 0 fully saturated rings. The summed E-state index contributed by atoms with van der Waals surface area (Å²) in [6.07, 6.45) is 3.00. The molecular formula is C24H21CuN2O2. The number of amides is 1. The number of para-hydroxylation sites is 2. The van der Waals surface area contributed by atoms with Crippen molar-refractivity contribution in [2.24, 2.45) is 7.05 Å². The number of benzene rings is 3. The number of ether oxygens (including phenoxy) is 1. The average Bonchev–Trinajstić information content (AvgIpc) is 3.06. The standard InChI is InChI=1S/C24H21N2O2.Cu/c1-25-17-21(20-15-9-10-16-22(20)25)23(18-11-5-3-6-12-18)26(2)24(27)28-19-13-7-4-8-14-19;/h3-16,23H,1-2H3;/q-1;+1. The summed E-state index contributed by atoms with van der Waals surface area (Å²) in [5.41, 5.74) is 3.02. The summed E-state index contributed by atoms with van der Waals surface area (Å²) >= 11 is 0. The fourth-order valence-corrected chi connectivity index (χ4v) is 3.49. The van der Waals surface area contributed by atoms with Gasteiger partial charge >= 0.3 is 23.2 Å². The maximum atomic E-state index is 12.9. The maximum Gasteiger partial charge on any atom is 1.00 e. The van der Waals surface area contributed by atoms with Crippen LogP contribution in [-0.2, 0) is 24.1 Å². The molecule has 5 heteroatoms. The Hall–Kier alpha value is -3.01. The predicted molar refractivity (Wildman–Crippen MR) is 110 cm³/mol. The molecule has 0 aliphatic carbocycles. The maximum absolute atomic E-state index is 12.9. The van der Waals surface area contributed by atoms with Gasteiger partial charge in [0.25, 0.3) is 0 Å². The van der Waals surface area contributed by atoms with Crippen molar-refractivity contribution in [2.75, 3.05) is 7.05 Å². The van der Waals surface area contributed by atoms with E-state index in [4.69, 9.17) is 4.74 Å². The van der Waals surface area contributed by atoms with Crippen molar-refractivity contribution in [1.82, 2.24) is 9.47 Å². The molecule has 0 N–H and O–H groups in total. The van der Waals surface area contributed by atoms with E-state index < -0.39 is 6.09 Å². The number of carbonyl (C=O) groups excluding carboxylic acids is 1. The molecule has 1 aromatic heterocycles. The monoisotopic (exact) mass is 432 g/mol. The topological polar surface area (TPSA) is 34.5 Å². The Balaban J connectivity index is 0.00000240. The molecular weight excluding hydrogens is 412 g/mol. The van der Waals surface area contributed by atoms with Gasteiger partial charge in [-0.2, -0.15) is 0 Å². The van der Waals surface area contributed by atoms with Crippen LogP contribution in [-0.4, -0.2) is 22.6 Å². The van der Waals surface area contributed by atoms with Crippen LogP contribution in [0.1, 0.15) is 17.2 Å². The van der Waals surface area contributed by atoms with Crippen LogP contribution in [0, 0.1) is 6.20 Å². The largest absolute Gasteiger partial charge is 1.00 e. The van der Waals surface area contributed by atoms with Gasteiger partial charge < -0.3 is 14.2 Å². The normalized spacial score (nSPS) is 11.5. The van der Waals surface area contributed by atoms with E-state index in [1.165, 1.54) is 0 Å². The van der Waals surface area contributed by atoms with Gasteiger partial charge in [0.1, 0.15) is 5.75 Å². The Kier molecular flexibility index (Phi) is 6.42. The summed E-state index contributed by atoms with van der Waals surface area (Å²) in [5, 5.41) is 1.07. The molecule has 0 saturated carbocycles. The third-order valence-electron chi connectivity index (χ3n) is 4.86. The number of nitrogens with zero attached hydrogens (tertiary/aromatic N) is 2. The van der Waals surface area contributed by atoms with Crippen molar-refractivity contribution in [3.8, 4) is 5.75 Å². The molecule has 0 saturated heterocycles. The summed E-state index contributed by atoms with van der Waals surface area (Å²) in [7, 11) is 3.73. The number of aromatic nitrogens is 1. The third kappa shape index (κ3) is 4.21. The summed E-state index contributed by atoms with van der Waals surface area (Å²) in [6.45, 7) is 0. The fraction of sp³-hybridized carbons (Fsp3) is 0.125. The zero-order valence-electron chi connectivity index (χ0n) is 16.2. The molecule has 29 heavy (non-hydrogen) atoms. The number of aryl methyl sites for hydroxylation is 1. The number of rotatable bonds is 4. The van der Waals surface area contributed by atoms with E-state index in [2.05, 4.69) is 18.3 Å². The first-order valence-corrected chi connectivity index (χ1v) is 9.16. The van der Waals surface area contributed by atoms with E-state index in [1.807, 2.05) is 72.3 Å². The quantitative estimate of drug-likeness (QED) is 0.328. The van der Waals surface area contributed by atoms with Gasteiger partial charge in [0.2, 0.25) is 0 Å². The first-order valence-electron chi connectivity index (χ1n) is 9.16. The van der Waals surface area contributed by atoms with Crippen LogP contribution >= 0.6 is 0 Å². The average molecular weight is 433 g/mol. The van der Waals surface area contributed by atoms with Crippen molar-refractivity contribution >= 4 is 17.0 Å². The second-order valence-corrected chi connectivity index (χ2v) is 6.71. The molecule has 0 spiro atoms. The van der Waals surface area contributed by atoms with E-state index in [-0.39, 0.29) is 23.1 Å². The van der Waals surface area contributed by atoms with Crippen molar-refractivity contribution in [1.29, 1.82) is 0 Å². The first-order chi connectivity index (χ1) is 13.6. The minimum Gasteiger partial charge on any atom is -0.466 e. The molecule has 0 bridgehead atoms. The molecule has 150 valence electrons. The molecule has 0 aliphatic rings. The second kappa shape index (κ2) is 8.99. The summed E-state index contributed by atoms with van der Waals surface area (Å²) in [6, 6.07) is 26.9. The number of fused-ring (bicyclic) bond motifs is 1. The molecule has 1 atom stereocenters. The molecule has 3 aromatic carbocycles. The smallest absolute Gasteiger partial charge is 0.466 e. The van der Waals surface area contributed by atoms with Crippen molar-refractivity contribution < 1.29 is 26.6 Å². The van der Waals surface area contributed by atoms with Gasteiger partial charge in [-0.15, -0.1) is 28.6 Å². The van der Waals surface area contributed by atoms with Crippen LogP contribution in [0.15, 0.2) is 84.9 Å². The van der Waals surface area contributed by atoms with Crippen LogP contribution in [0.25, 0.3) is 10.9 Å². The Morgan fingerprint density at radius 1 is 0.931 bits per heavy atom. The second-order valence-electron chi connectivity index (χ2n) is 6.71. The Morgan fingerprint density at radius 2 is 1.52 bits per heavy atom. The molecule has 0 aliphatic heterocycles. The molecule has 1 heterocycles. The first kappa shape index (κ1) is 20.7. The summed E-state index contributed by atoms with van der Waals surface area (Å²) in [4.78, 5) is 14.6. The minimum absolute atomic E-state index is 0. The molecule has 0 radical (unpaired) electrons. The van der Waals surface area contributed by atoms with Gasteiger partial charge in [0.05, 0.1) is 6.04 Å². The van der Waals surface area contributed by atoms with Crippen molar-refractivity contribution in [2.45, 2.75) is 6.04 Å². The number of hydrogen-bond donors (Lipinski definition) is 0. The number of hydrogen-bond acceptors (Lipinski definition) is 2. The van der Waals surface area contributed by atoms with Gasteiger partial charge in [0.15, 0.2) is 0 Å². The van der Waals surface area contributed by atoms with Crippen LogP contribution in [0.2, 0.25) is 0 Å². The number of carbonyl (C=O) groups is 1. The van der Waals surface area contributed by atoms with Crippen molar-refractivity contribution in [3.63, 3.8) is 0 Å².